The van der Waals surface area contributed by atoms with Crippen LogP contribution in [0.4, 0.5) is 0 Å². The molecule has 120 valence electrons. The monoisotopic (exact) mass is 328 g/mol. The number of nitrogens with one attached hydrogen (secondary N) is 1. The molecule has 2 aromatic rings. The lowest BCUT2D eigenvalue weighted by Crippen LogP contribution is -2.39. The molecule has 1 aliphatic rings. The van der Waals surface area contributed by atoms with E-state index in [2.05, 4.69) is 35.7 Å². The average Bonchev–Trinajstić information content (AvgIpc) is 2.61. The zero-order valence-electron chi connectivity index (χ0n) is 12.9. The van der Waals surface area contributed by atoms with Crippen LogP contribution in [0.1, 0.15) is 35.6 Å². The van der Waals surface area contributed by atoms with E-state index in [-0.39, 0.29) is 24.6 Å². The van der Waals surface area contributed by atoms with Crippen molar-refractivity contribution in [2.24, 2.45) is 0 Å². The first-order valence-corrected chi connectivity index (χ1v) is 7.76. The first kappa shape index (κ1) is 17.5. The van der Waals surface area contributed by atoms with Crippen LogP contribution in [-0.2, 0) is 11.3 Å². The van der Waals surface area contributed by atoms with Crippen LogP contribution in [0, 0.1) is 11.3 Å². The predicted octanol–water partition coefficient (Wildman–Crippen LogP) is 3.99. The smallest absolute Gasteiger partial charge is 0.0991 e. The summed E-state index contributed by atoms with van der Waals surface area (Å²) in [4.78, 5) is 0. The Labute approximate surface area is 143 Å². The van der Waals surface area contributed by atoms with Gasteiger partial charge in [-0.1, -0.05) is 42.5 Å². The summed E-state index contributed by atoms with van der Waals surface area (Å²) in [6.07, 6.45) is 2.36. The molecule has 0 aliphatic carbocycles. The molecule has 1 N–H and O–H groups in total. The fourth-order valence-electron chi connectivity index (χ4n) is 2.97. The highest BCUT2D eigenvalue weighted by Gasteiger charge is 2.26. The molecular weight excluding hydrogens is 308 g/mol. The molecule has 0 amide bonds. The molecule has 2 atom stereocenters. The molecule has 4 heteroatoms. The molecule has 0 aromatic heterocycles. The Hall–Kier alpha value is -1.86. The Morgan fingerprint density at radius 1 is 1.13 bits per heavy atom. The van der Waals surface area contributed by atoms with E-state index in [1.54, 1.807) is 0 Å². The number of nitrogens with zero attached hydrogens (tertiary/aromatic N) is 1. The molecule has 2 unspecified atom stereocenters. The van der Waals surface area contributed by atoms with Crippen LogP contribution in [0.3, 0.4) is 0 Å². The van der Waals surface area contributed by atoms with E-state index in [0.717, 1.165) is 24.9 Å². The summed E-state index contributed by atoms with van der Waals surface area (Å²) in [7, 11) is 0. The number of nitriles is 1. The lowest BCUT2D eigenvalue weighted by molar-refractivity contribution is -0.00357. The first-order chi connectivity index (χ1) is 10.9. The van der Waals surface area contributed by atoms with E-state index in [1.165, 1.54) is 5.56 Å². The number of halogens is 1. The van der Waals surface area contributed by atoms with Gasteiger partial charge in [0.15, 0.2) is 0 Å². The van der Waals surface area contributed by atoms with Crippen LogP contribution >= 0.6 is 12.4 Å². The Kier molecular flexibility index (Phi) is 6.61. The third kappa shape index (κ3) is 4.56. The fraction of sp³-hybridized carbons (Fsp3) is 0.316. The summed E-state index contributed by atoms with van der Waals surface area (Å²) in [5, 5.41) is 12.5. The van der Waals surface area contributed by atoms with Gasteiger partial charge in [0.25, 0.3) is 0 Å². The highest BCUT2D eigenvalue weighted by Crippen LogP contribution is 2.26. The van der Waals surface area contributed by atoms with Gasteiger partial charge in [0.1, 0.15) is 0 Å². The molecule has 23 heavy (non-hydrogen) atoms. The summed E-state index contributed by atoms with van der Waals surface area (Å²) in [6.45, 7) is 1.58. The molecule has 3 rings (SSSR count). The normalized spacial score (nSPS) is 20.3. The summed E-state index contributed by atoms with van der Waals surface area (Å²) in [6, 6.07) is 20.5. The predicted molar refractivity (Wildman–Crippen MR) is 93.4 cm³/mol. The Morgan fingerprint density at radius 3 is 2.74 bits per heavy atom. The van der Waals surface area contributed by atoms with Gasteiger partial charge >= 0.3 is 0 Å². The van der Waals surface area contributed by atoms with Crippen molar-refractivity contribution in [3.63, 3.8) is 0 Å². The van der Waals surface area contributed by atoms with Gasteiger partial charge in [-0.25, -0.2) is 0 Å². The van der Waals surface area contributed by atoms with Crippen LogP contribution < -0.4 is 5.32 Å². The highest BCUT2D eigenvalue weighted by molar-refractivity contribution is 5.85. The number of hydrogen-bond donors (Lipinski definition) is 1. The molecule has 0 radical (unpaired) electrons. The molecule has 0 spiro atoms. The number of ether oxygens (including phenoxy) is 1. The Morgan fingerprint density at radius 2 is 1.96 bits per heavy atom. The van der Waals surface area contributed by atoms with Gasteiger partial charge in [0.05, 0.1) is 30.4 Å². The molecule has 1 saturated heterocycles. The summed E-state index contributed by atoms with van der Waals surface area (Å²) < 4.78 is 6.16. The molecular formula is C19H21ClN2O. The highest BCUT2D eigenvalue weighted by atomic mass is 35.5. The average molecular weight is 329 g/mol. The quantitative estimate of drug-likeness (QED) is 0.923. The van der Waals surface area contributed by atoms with Crippen LogP contribution in [0.2, 0.25) is 0 Å². The van der Waals surface area contributed by atoms with Crippen LogP contribution in [-0.4, -0.2) is 12.6 Å². The maximum absolute atomic E-state index is 8.97. The Balaban J connectivity index is 0.00000192. The van der Waals surface area contributed by atoms with Crippen LogP contribution in [0.5, 0.6) is 0 Å². The maximum Gasteiger partial charge on any atom is 0.0991 e. The van der Waals surface area contributed by atoms with Gasteiger partial charge in [-0.2, -0.15) is 5.26 Å². The van der Waals surface area contributed by atoms with Crippen molar-refractivity contribution in [2.45, 2.75) is 31.6 Å². The summed E-state index contributed by atoms with van der Waals surface area (Å²) in [5.74, 6) is 0. The second-order valence-corrected chi connectivity index (χ2v) is 5.65. The van der Waals surface area contributed by atoms with Crippen molar-refractivity contribution in [1.29, 1.82) is 5.26 Å². The van der Waals surface area contributed by atoms with Crippen molar-refractivity contribution in [3.8, 4) is 6.07 Å². The largest absolute Gasteiger partial charge is 0.372 e. The van der Waals surface area contributed by atoms with Crippen molar-refractivity contribution in [1.82, 2.24) is 5.32 Å². The lowest BCUT2D eigenvalue weighted by atomic mass is 9.94. The van der Waals surface area contributed by atoms with E-state index >= 15 is 0 Å². The number of hydrogen-bond acceptors (Lipinski definition) is 3. The van der Waals surface area contributed by atoms with E-state index in [1.807, 2.05) is 30.3 Å². The van der Waals surface area contributed by atoms with Crippen molar-refractivity contribution < 1.29 is 4.74 Å². The van der Waals surface area contributed by atoms with Gasteiger partial charge in [-0.3, -0.25) is 0 Å². The van der Waals surface area contributed by atoms with Gasteiger partial charge in [-0.05, 0) is 42.6 Å². The van der Waals surface area contributed by atoms with E-state index in [0.29, 0.717) is 12.2 Å². The summed E-state index contributed by atoms with van der Waals surface area (Å²) >= 11 is 0. The van der Waals surface area contributed by atoms with Gasteiger partial charge in [0.2, 0.25) is 0 Å². The topological polar surface area (TPSA) is 45.0 Å². The van der Waals surface area contributed by atoms with E-state index in [9.17, 15) is 0 Å². The van der Waals surface area contributed by atoms with Gasteiger partial charge < -0.3 is 10.1 Å². The minimum Gasteiger partial charge on any atom is -0.372 e. The zero-order valence-corrected chi connectivity index (χ0v) is 13.8. The second-order valence-electron chi connectivity index (χ2n) is 5.65. The fourth-order valence-corrected chi connectivity index (χ4v) is 2.97. The number of piperidine rings is 1. The molecule has 0 saturated carbocycles. The molecule has 3 nitrogen and oxygen atoms in total. The van der Waals surface area contributed by atoms with Crippen molar-refractivity contribution in [2.75, 3.05) is 6.54 Å². The number of benzene rings is 2. The lowest BCUT2D eigenvalue weighted by Gasteiger charge is -2.33. The standard InChI is InChI=1S/C19H20N2O.ClH/c20-13-15-6-4-7-16(12-15)14-22-18-10-5-11-21-19(18)17-8-2-1-3-9-17;/h1-4,6-9,12,18-19,21H,5,10-11,14H2;1H. The molecule has 1 aliphatic heterocycles. The first-order valence-electron chi connectivity index (χ1n) is 7.76. The zero-order chi connectivity index (χ0) is 15.2. The van der Waals surface area contributed by atoms with Crippen molar-refractivity contribution >= 4 is 12.4 Å². The molecule has 0 bridgehead atoms. The van der Waals surface area contributed by atoms with Crippen LogP contribution in [0.25, 0.3) is 0 Å². The molecule has 1 fully saturated rings. The third-order valence-corrected chi connectivity index (χ3v) is 4.08. The second kappa shape index (κ2) is 8.69. The SMILES string of the molecule is Cl.N#Cc1cccc(COC2CCCNC2c2ccccc2)c1. The molecule has 2 aromatic carbocycles. The minimum atomic E-state index is 0. The van der Waals surface area contributed by atoms with Crippen molar-refractivity contribution in [3.05, 3.63) is 71.3 Å². The van der Waals surface area contributed by atoms with Gasteiger partial charge in [-0.15, -0.1) is 12.4 Å². The summed E-state index contributed by atoms with van der Waals surface area (Å²) in [5.41, 5.74) is 3.01. The van der Waals surface area contributed by atoms with Crippen LogP contribution in [0.15, 0.2) is 54.6 Å². The number of rotatable bonds is 4. The van der Waals surface area contributed by atoms with E-state index < -0.39 is 0 Å². The van der Waals surface area contributed by atoms with E-state index in [4.69, 9.17) is 10.00 Å². The van der Waals surface area contributed by atoms with Gasteiger partial charge in [0, 0.05) is 0 Å². The minimum absolute atomic E-state index is 0. The Bertz CT molecular complexity index is 654. The third-order valence-electron chi connectivity index (χ3n) is 4.08. The molecule has 1 heterocycles. The maximum atomic E-state index is 8.97.